The Morgan fingerprint density at radius 3 is 2.24 bits per heavy atom. The van der Waals surface area contributed by atoms with E-state index in [4.69, 9.17) is 36.4 Å². The number of aliphatic carboxylic acids is 1. The van der Waals surface area contributed by atoms with Crippen LogP contribution in [0, 0.1) is 0 Å². The van der Waals surface area contributed by atoms with Crippen molar-refractivity contribution in [1.82, 2.24) is 0 Å². The van der Waals surface area contributed by atoms with Gasteiger partial charge in [-0.05, 0) is 18.4 Å². The summed E-state index contributed by atoms with van der Waals surface area (Å²) in [5, 5.41) is 52.9. The van der Waals surface area contributed by atoms with Crippen LogP contribution in [-0.4, -0.2) is 92.0 Å². The molecule has 0 bridgehead atoms. The molecule has 0 aliphatic carbocycles. The Labute approximate surface area is 126 Å². The maximum Gasteiger partial charge on any atom is 0.320 e. The molecule has 0 saturated carbocycles. The predicted molar refractivity (Wildman–Crippen MR) is 74.6 cm³/mol. The molecular weight excluding hydrogens is 306 g/mol. The van der Waals surface area contributed by atoms with Gasteiger partial charge in [0.1, 0.15) is 30.5 Å². The van der Waals surface area contributed by atoms with Gasteiger partial charge >= 0.3 is 5.97 Å². The van der Waals surface area contributed by atoms with Crippen LogP contribution in [0.4, 0.5) is 0 Å². The maximum absolute atomic E-state index is 10.1. The number of carboxylic acid groups (broad SMARTS) is 1. The number of thioether (sulfide) groups is 1. The van der Waals surface area contributed by atoms with E-state index in [1.54, 1.807) is 11.8 Å². The SMILES string of the molecule is CSCCC(N)C(=O)O.OC[C@H]1O[C@H](O)[C@H](O)[C@@H](O)[C@@H]1O. The zero-order valence-corrected chi connectivity index (χ0v) is 12.4. The Balaban J connectivity index is 0.000000400. The first-order valence-corrected chi connectivity index (χ1v) is 7.61. The molecule has 8 N–H and O–H groups in total. The summed E-state index contributed by atoms with van der Waals surface area (Å²) in [6.45, 7) is -0.526. The van der Waals surface area contributed by atoms with Crippen LogP contribution in [-0.2, 0) is 9.53 Å². The summed E-state index contributed by atoms with van der Waals surface area (Å²) >= 11 is 1.60. The highest BCUT2D eigenvalue weighted by Crippen LogP contribution is 2.18. The Morgan fingerprint density at radius 1 is 1.24 bits per heavy atom. The fourth-order valence-corrected chi connectivity index (χ4v) is 1.94. The first-order valence-electron chi connectivity index (χ1n) is 6.22. The lowest BCUT2D eigenvalue weighted by Crippen LogP contribution is -2.58. The third-order valence-electron chi connectivity index (χ3n) is 2.82. The minimum Gasteiger partial charge on any atom is -0.480 e. The number of aliphatic hydroxyl groups is 5. The standard InChI is InChI=1S/C6H12O6.C5H11NO2S/c7-1-2-3(8)4(9)5(10)6(11)12-2;1-9-3-2-4(6)5(7)8/h2-11H,1H2;4H,2-3,6H2,1H3,(H,7,8)/t2-,3-,4+,5-,6+;/m1./s1. The van der Waals surface area contributed by atoms with Crippen LogP contribution in [0.3, 0.4) is 0 Å². The molecule has 0 aromatic heterocycles. The van der Waals surface area contributed by atoms with Gasteiger partial charge in [-0.3, -0.25) is 4.79 Å². The van der Waals surface area contributed by atoms with E-state index in [0.717, 1.165) is 5.75 Å². The molecule has 9 nitrogen and oxygen atoms in total. The van der Waals surface area contributed by atoms with Gasteiger partial charge in [-0.25, -0.2) is 0 Å². The summed E-state index contributed by atoms with van der Waals surface area (Å²) in [5.41, 5.74) is 5.19. The van der Waals surface area contributed by atoms with E-state index in [9.17, 15) is 4.79 Å². The number of carboxylic acids is 1. The molecule has 1 rings (SSSR count). The van der Waals surface area contributed by atoms with Crippen molar-refractivity contribution in [2.24, 2.45) is 5.73 Å². The molecule has 0 spiro atoms. The third-order valence-corrected chi connectivity index (χ3v) is 3.46. The number of hydrogen-bond acceptors (Lipinski definition) is 9. The lowest BCUT2D eigenvalue weighted by Gasteiger charge is -2.37. The molecule has 0 amide bonds. The molecular formula is C11H23NO8S. The molecule has 21 heavy (non-hydrogen) atoms. The number of carbonyl (C=O) groups is 1. The fraction of sp³-hybridized carbons (Fsp3) is 0.909. The molecule has 1 saturated heterocycles. The molecule has 1 aliphatic heterocycles. The highest BCUT2D eigenvalue weighted by atomic mass is 32.2. The average Bonchev–Trinajstić information content (AvgIpc) is 2.46. The molecule has 6 atom stereocenters. The van der Waals surface area contributed by atoms with Gasteiger partial charge in [0.25, 0.3) is 0 Å². The Morgan fingerprint density at radius 2 is 1.81 bits per heavy atom. The number of nitrogens with two attached hydrogens (primary N) is 1. The van der Waals surface area contributed by atoms with Crippen molar-refractivity contribution < 1.29 is 40.2 Å². The van der Waals surface area contributed by atoms with Crippen LogP contribution in [0.1, 0.15) is 6.42 Å². The molecule has 0 radical (unpaired) electrons. The first-order chi connectivity index (χ1) is 9.76. The van der Waals surface area contributed by atoms with Crippen molar-refractivity contribution in [3.05, 3.63) is 0 Å². The molecule has 0 aromatic rings. The van der Waals surface area contributed by atoms with Crippen molar-refractivity contribution in [2.45, 2.75) is 43.2 Å². The van der Waals surface area contributed by atoms with Crippen molar-refractivity contribution >= 4 is 17.7 Å². The second-order valence-electron chi connectivity index (χ2n) is 4.45. The van der Waals surface area contributed by atoms with E-state index < -0.39 is 49.3 Å². The van der Waals surface area contributed by atoms with Crippen LogP contribution >= 0.6 is 11.8 Å². The molecule has 10 heteroatoms. The molecule has 1 heterocycles. The minimum atomic E-state index is -1.57. The summed E-state index contributed by atoms with van der Waals surface area (Å²) in [7, 11) is 0. The van der Waals surface area contributed by atoms with E-state index in [2.05, 4.69) is 4.74 Å². The van der Waals surface area contributed by atoms with Gasteiger partial charge in [-0.2, -0.15) is 11.8 Å². The maximum atomic E-state index is 10.1. The van der Waals surface area contributed by atoms with Crippen LogP contribution in [0.2, 0.25) is 0 Å². The van der Waals surface area contributed by atoms with Gasteiger partial charge < -0.3 is 41.1 Å². The zero-order chi connectivity index (χ0) is 16.6. The monoisotopic (exact) mass is 329 g/mol. The largest absolute Gasteiger partial charge is 0.480 e. The molecule has 0 aromatic carbocycles. The summed E-state index contributed by atoms with van der Waals surface area (Å²) in [4.78, 5) is 10.1. The third kappa shape index (κ3) is 6.89. The smallest absolute Gasteiger partial charge is 0.320 e. The van der Waals surface area contributed by atoms with Gasteiger partial charge in [-0.15, -0.1) is 0 Å². The van der Waals surface area contributed by atoms with Crippen molar-refractivity contribution in [2.75, 3.05) is 18.6 Å². The number of aliphatic hydroxyl groups excluding tert-OH is 5. The van der Waals surface area contributed by atoms with Gasteiger partial charge in [0.15, 0.2) is 6.29 Å². The van der Waals surface area contributed by atoms with E-state index in [1.165, 1.54) is 0 Å². The Bertz CT molecular complexity index is 303. The van der Waals surface area contributed by atoms with Crippen LogP contribution in [0.15, 0.2) is 0 Å². The van der Waals surface area contributed by atoms with Crippen LogP contribution in [0.5, 0.6) is 0 Å². The Hall–Kier alpha value is -0.460. The fourth-order valence-electron chi connectivity index (χ4n) is 1.45. The average molecular weight is 329 g/mol. The van der Waals surface area contributed by atoms with Crippen molar-refractivity contribution in [1.29, 1.82) is 0 Å². The number of ether oxygens (including phenoxy) is 1. The van der Waals surface area contributed by atoms with E-state index in [0.29, 0.717) is 6.42 Å². The highest BCUT2D eigenvalue weighted by Gasteiger charge is 2.42. The lowest BCUT2D eigenvalue weighted by atomic mass is 10.00. The normalized spacial score (nSPS) is 33.8. The quantitative estimate of drug-likeness (QED) is 0.274. The number of hydrogen-bond donors (Lipinski definition) is 7. The predicted octanol–water partition coefficient (Wildman–Crippen LogP) is -3.07. The lowest BCUT2D eigenvalue weighted by molar-refractivity contribution is -0.286. The summed E-state index contributed by atoms with van der Waals surface area (Å²) in [6, 6.07) is -0.683. The number of rotatable bonds is 5. The Kier molecular flexibility index (Phi) is 10.1. The molecule has 1 unspecified atom stereocenters. The topological polar surface area (TPSA) is 174 Å². The van der Waals surface area contributed by atoms with Crippen LogP contribution in [0.25, 0.3) is 0 Å². The molecule has 1 aliphatic rings. The van der Waals surface area contributed by atoms with Crippen LogP contribution < -0.4 is 5.73 Å². The van der Waals surface area contributed by atoms with E-state index in [1.807, 2.05) is 6.26 Å². The molecule has 126 valence electrons. The van der Waals surface area contributed by atoms with Gasteiger partial charge in [0, 0.05) is 0 Å². The highest BCUT2D eigenvalue weighted by molar-refractivity contribution is 7.98. The summed E-state index contributed by atoms with van der Waals surface area (Å²) in [6.07, 6.45) is -4.56. The minimum absolute atomic E-state index is 0.526. The van der Waals surface area contributed by atoms with Gasteiger partial charge in [0.05, 0.1) is 6.61 Å². The molecule has 1 fully saturated rings. The van der Waals surface area contributed by atoms with E-state index >= 15 is 0 Å². The van der Waals surface area contributed by atoms with E-state index in [-0.39, 0.29) is 0 Å². The second-order valence-corrected chi connectivity index (χ2v) is 5.43. The summed E-state index contributed by atoms with van der Waals surface area (Å²) in [5.74, 6) is -0.1000. The van der Waals surface area contributed by atoms with Gasteiger partial charge in [-0.1, -0.05) is 0 Å². The zero-order valence-electron chi connectivity index (χ0n) is 11.6. The first kappa shape index (κ1) is 20.5. The summed E-state index contributed by atoms with van der Waals surface area (Å²) < 4.78 is 4.58. The van der Waals surface area contributed by atoms with Crippen molar-refractivity contribution in [3.63, 3.8) is 0 Å². The second kappa shape index (κ2) is 10.3. The van der Waals surface area contributed by atoms with Crippen molar-refractivity contribution in [3.8, 4) is 0 Å². The van der Waals surface area contributed by atoms with Gasteiger partial charge in [0.2, 0.25) is 0 Å².